The van der Waals surface area contributed by atoms with Gasteiger partial charge in [0.2, 0.25) is 0 Å². The van der Waals surface area contributed by atoms with Crippen LogP contribution in [0.25, 0.3) is 0 Å². The fraction of sp³-hybridized carbons (Fsp3) is 0.500. The number of benzene rings is 1. The largest absolute Gasteiger partial charge is 0.403 e. The van der Waals surface area contributed by atoms with Crippen LogP contribution >= 0.6 is 15.2 Å². The Morgan fingerprint density at radius 1 is 0.750 bits per heavy atom. The van der Waals surface area contributed by atoms with E-state index in [1.54, 1.807) is 0 Å². The van der Waals surface area contributed by atoms with Crippen molar-refractivity contribution >= 4 is 15.2 Å². The van der Waals surface area contributed by atoms with Crippen molar-refractivity contribution in [2.24, 2.45) is 0 Å². The summed E-state index contributed by atoms with van der Waals surface area (Å²) in [6.07, 6.45) is 0. The van der Waals surface area contributed by atoms with Crippen molar-refractivity contribution < 1.29 is 44.8 Å². The summed E-state index contributed by atoms with van der Waals surface area (Å²) in [5.74, 6) is 0. The lowest BCUT2D eigenvalue weighted by molar-refractivity contribution is 0.0390. The van der Waals surface area contributed by atoms with Gasteiger partial charge in [0.25, 0.3) is 0 Å². The summed E-state index contributed by atoms with van der Waals surface area (Å²) in [4.78, 5) is 0. The summed E-state index contributed by atoms with van der Waals surface area (Å²) in [7, 11) is -6.94. The minimum absolute atomic E-state index is 0.343. The number of hydrogen-bond acceptors (Lipinski definition) is 6. The molecule has 12 heteroatoms. The van der Waals surface area contributed by atoms with Crippen LogP contribution in [0.4, 0.5) is 17.6 Å². The Balaban J connectivity index is 3.49. The first-order valence-corrected chi connectivity index (χ1v) is 9.34. The molecule has 0 atom stereocenters. The predicted molar refractivity (Wildman–Crippen MR) is 77.5 cm³/mol. The number of hydrogen-bond donors (Lipinski definition) is 0. The maximum absolute atomic E-state index is 14.3. The molecular weight excluding hydrogens is 378 g/mol. The van der Waals surface area contributed by atoms with E-state index in [0.717, 1.165) is 46.6 Å². The fourth-order valence-electron chi connectivity index (χ4n) is 1.82. The lowest BCUT2D eigenvalue weighted by Crippen LogP contribution is -2.20. The molecule has 0 amide bonds. The molecule has 1 aromatic carbocycles. The van der Waals surface area contributed by atoms with Crippen LogP contribution in [0.1, 0.15) is 11.1 Å². The van der Waals surface area contributed by atoms with Crippen molar-refractivity contribution in [3.63, 3.8) is 0 Å². The normalized spacial score (nSPS) is 14.0. The molecule has 0 saturated heterocycles. The van der Waals surface area contributed by atoms with Crippen LogP contribution in [0, 0.1) is 0 Å². The van der Waals surface area contributed by atoms with Crippen LogP contribution in [0.15, 0.2) is 24.3 Å². The van der Waals surface area contributed by atoms with Gasteiger partial charge in [0.05, 0.1) is 0 Å². The fourth-order valence-corrected chi connectivity index (χ4v) is 3.94. The minimum atomic E-state index is -4.94. The van der Waals surface area contributed by atoms with E-state index in [9.17, 15) is 26.7 Å². The van der Waals surface area contributed by atoms with E-state index in [-0.39, 0.29) is 0 Å². The molecule has 1 rings (SSSR count). The van der Waals surface area contributed by atoms with E-state index in [0.29, 0.717) is 6.07 Å². The first-order chi connectivity index (χ1) is 11.0. The summed E-state index contributed by atoms with van der Waals surface area (Å²) < 4.78 is 98.2. The molecule has 0 unspecified atom stereocenters. The summed E-state index contributed by atoms with van der Waals surface area (Å²) in [6.45, 7) is 0. The van der Waals surface area contributed by atoms with Gasteiger partial charge in [-0.3, -0.25) is 9.13 Å². The van der Waals surface area contributed by atoms with Gasteiger partial charge in [-0.15, -0.1) is 0 Å². The molecule has 0 N–H and O–H groups in total. The quantitative estimate of drug-likeness (QED) is 0.468. The lowest BCUT2D eigenvalue weighted by Gasteiger charge is -2.27. The molecule has 0 spiro atoms. The van der Waals surface area contributed by atoms with Gasteiger partial charge in [0, 0.05) is 39.6 Å². The molecule has 0 aromatic heterocycles. The molecule has 0 aliphatic carbocycles. The Hall–Kier alpha value is -0.760. The van der Waals surface area contributed by atoms with Crippen LogP contribution in [0.2, 0.25) is 0 Å². The molecule has 138 valence electrons. The highest BCUT2D eigenvalue weighted by Gasteiger charge is 2.57. The molecule has 0 heterocycles. The van der Waals surface area contributed by atoms with Crippen LogP contribution in [-0.4, -0.2) is 28.4 Å². The first kappa shape index (κ1) is 21.3. The van der Waals surface area contributed by atoms with E-state index in [2.05, 4.69) is 18.1 Å². The second kappa shape index (κ2) is 7.23. The molecule has 0 saturated carbocycles. The third-order valence-electron chi connectivity index (χ3n) is 3.21. The SMILES string of the molecule is COP(=O)(OC)C(F)(F)c1cccc(C(F)(F)P(=O)(OC)OC)c1. The monoisotopic (exact) mass is 394 g/mol. The Labute approximate surface area is 136 Å². The average molecular weight is 394 g/mol. The highest BCUT2D eigenvalue weighted by molar-refractivity contribution is 7.55. The van der Waals surface area contributed by atoms with Crippen LogP contribution in [0.5, 0.6) is 0 Å². The van der Waals surface area contributed by atoms with Gasteiger partial charge in [-0.2, -0.15) is 17.6 Å². The maximum Gasteiger partial charge on any atom is 0.403 e. The molecule has 0 radical (unpaired) electrons. The molecule has 0 fully saturated rings. The second-order valence-corrected chi connectivity index (χ2v) is 8.96. The van der Waals surface area contributed by atoms with Gasteiger partial charge in [-0.05, 0) is 6.07 Å². The topological polar surface area (TPSA) is 71.1 Å². The van der Waals surface area contributed by atoms with Crippen LogP contribution < -0.4 is 0 Å². The summed E-state index contributed by atoms with van der Waals surface area (Å²) >= 11 is 0. The summed E-state index contributed by atoms with van der Waals surface area (Å²) in [5.41, 5.74) is -10.6. The highest BCUT2D eigenvalue weighted by Crippen LogP contribution is 2.68. The number of alkyl halides is 4. The Kier molecular flexibility index (Phi) is 6.42. The zero-order valence-electron chi connectivity index (χ0n) is 13.2. The van der Waals surface area contributed by atoms with Gasteiger partial charge >= 0.3 is 26.5 Å². The van der Waals surface area contributed by atoms with Crippen LogP contribution in [0.3, 0.4) is 0 Å². The van der Waals surface area contributed by atoms with Crippen molar-refractivity contribution in [2.45, 2.75) is 11.3 Å². The highest BCUT2D eigenvalue weighted by atomic mass is 31.2. The number of halogens is 4. The molecule has 1 aromatic rings. The maximum atomic E-state index is 14.3. The molecule has 0 bridgehead atoms. The smallest absolute Gasteiger partial charge is 0.308 e. The molecular formula is C12H16F4O6P2. The van der Waals surface area contributed by atoms with Gasteiger partial charge in [0.15, 0.2) is 0 Å². The van der Waals surface area contributed by atoms with Gasteiger partial charge in [0.1, 0.15) is 0 Å². The Morgan fingerprint density at radius 3 is 1.29 bits per heavy atom. The average Bonchev–Trinajstić information content (AvgIpc) is 2.59. The summed E-state index contributed by atoms with van der Waals surface area (Å²) in [6, 6.07) is 2.72. The van der Waals surface area contributed by atoms with E-state index in [1.807, 2.05) is 0 Å². The zero-order chi connectivity index (χ0) is 18.8. The Morgan fingerprint density at radius 2 is 1.04 bits per heavy atom. The second-order valence-electron chi connectivity index (χ2n) is 4.39. The van der Waals surface area contributed by atoms with Crippen molar-refractivity contribution in [3.05, 3.63) is 35.4 Å². The van der Waals surface area contributed by atoms with Crippen molar-refractivity contribution in [1.29, 1.82) is 0 Å². The number of rotatable bonds is 8. The first-order valence-electron chi connectivity index (χ1n) is 6.25. The van der Waals surface area contributed by atoms with Gasteiger partial charge in [-0.1, -0.05) is 18.2 Å². The minimum Gasteiger partial charge on any atom is -0.308 e. The Bertz CT molecular complexity index is 612. The van der Waals surface area contributed by atoms with Crippen molar-refractivity contribution in [1.82, 2.24) is 0 Å². The van der Waals surface area contributed by atoms with Crippen LogP contribution in [-0.2, 0) is 38.6 Å². The summed E-state index contributed by atoms with van der Waals surface area (Å²) in [5, 5.41) is 0. The van der Waals surface area contributed by atoms with Gasteiger partial charge in [-0.25, -0.2) is 0 Å². The molecule has 24 heavy (non-hydrogen) atoms. The van der Waals surface area contributed by atoms with E-state index in [4.69, 9.17) is 0 Å². The van der Waals surface area contributed by atoms with Crippen molar-refractivity contribution in [2.75, 3.05) is 28.4 Å². The lowest BCUT2D eigenvalue weighted by atomic mass is 10.1. The molecule has 0 aliphatic rings. The van der Waals surface area contributed by atoms with Crippen molar-refractivity contribution in [3.8, 4) is 0 Å². The molecule has 0 aliphatic heterocycles. The third-order valence-corrected chi connectivity index (χ3v) is 7.02. The zero-order valence-corrected chi connectivity index (χ0v) is 15.0. The van der Waals surface area contributed by atoms with Gasteiger partial charge < -0.3 is 18.1 Å². The predicted octanol–water partition coefficient (Wildman–Crippen LogP) is 4.76. The molecule has 6 nitrogen and oxygen atoms in total. The third kappa shape index (κ3) is 3.31. The standard InChI is InChI=1S/C12H16F4O6P2/c1-19-23(17,20-2)11(13,14)9-6-5-7-10(8-9)12(15,16)24(18,21-3)22-4/h5-8H,1-4H3. The van der Waals surface area contributed by atoms with E-state index >= 15 is 0 Å². The van der Waals surface area contributed by atoms with E-state index in [1.165, 1.54) is 0 Å². The van der Waals surface area contributed by atoms with E-state index < -0.39 is 37.6 Å².